The highest BCUT2D eigenvalue weighted by Crippen LogP contribution is 2.41. The first kappa shape index (κ1) is 19.1. The number of pyridine rings is 1. The van der Waals surface area contributed by atoms with Crippen LogP contribution >= 0.6 is 0 Å². The summed E-state index contributed by atoms with van der Waals surface area (Å²) in [5.41, 5.74) is 4.08. The molecule has 7 heteroatoms. The SMILES string of the molecule is CCOC(=O)c1c(N2CCc3ccccc3C2)oc(/C=C2\C=Nc3ncccc32)c1O. The largest absolute Gasteiger partial charge is 0.504 e. The summed E-state index contributed by atoms with van der Waals surface area (Å²) in [4.78, 5) is 23.2. The van der Waals surface area contributed by atoms with Gasteiger partial charge in [0.15, 0.2) is 22.9 Å². The fraction of sp³-hybridized carbons (Fsp3) is 0.208. The van der Waals surface area contributed by atoms with E-state index >= 15 is 0 Å². The molecule has 0 amide bonds. The molecule has 0 unspecified atom stereocenters. The number of aromatic hydroxyl groups is 1. The van der Waals surface area contributed by atoms with Gasteiger partial charge in [0.1, 0.15) is 0 Å². The van der Waals surface area contributed by atoms with Crippen LogP contribution in [0.1, 0.15) is 39.7 Å². The van der Waals surface area contributed by atoms with Gasteiger partial charge in [0.2, 0.25) is 5.88 Å². The molecule has 3 aromatic rings. The van der Waals surface area contributed by atoms with Crippen molar-refractivity contribution >= 4 is 35.5 Å². The Bertz CT molecular complexity index is 1230. The summed E-state index contributed by atoms with van der Waals surface area (Å²) in [6, 6.07) is 11.9. The van der Waals surface area contributed by atoms with Crippen LogP contribution < -0.4 is 4.90 Å². The standard InChI is InChI=1S/C24H21N3O4/c1-2-30-24(29)20-21(28)19(12-17-13-26-22-18(17)8-5-10-25-22)31-23(20)27-11-9-15-6-3-4-7-16(15)14-27/h3-8,10,12-13,28H,2,9,11,14H2,1H3/b17-12+. The molecule has 7 nitrogen and oxygen atoms in total. The molecule has 31 heavy (non-hydrogen) atoms. The molecule has 0 radical (unpaired) electrons. The maximum atomic E-state index is 12.7. The molecule has 0 bridgehead atoms. The maximum absolute atomic E-state index is 12.7. The number of anilines is 1. The average molecular weight is 415 g/mol. The maximum Gasteiger partial charge on any atom is 0.347 e. The lowest BCUT2D eigenvalue weighted by Gasteiger charge is -2.29. The molecule has 0 atom stereocenters. The fourth-order valence-electron chi connectivity index (χ4n) is 3.99. The van der Waals surface area contributed by atoms with Crippen molar-refractivity contribution in [1.29, 1.82) is 0 Å². The van der Waals surface area contributed by atoms with Gasteiger partial charge >= 0.3 is 5.97 Å². The van der Waals surface area contributed by atoms with Crippen LogP contribution in [-0.2, 0) is 17.7 Å². The molecule has 0 saturated heterocycles. The van der Waals surface area contributed by atoms with Crippen LogP contribution in [0.25, 0.3) is 11.6 Å². The number of furan rings is 1. The predicted octanol–water partition coefficient (Wildman–Crippen LogP) is 4.38. The molecule has 1 N–H and O–H groups in total. The van der Waals surface area contributed by atoms with E-state index < -0.39 is 5.97 Å². The topological polar surface area (TPSA) is 88.2 Å². The van der Waals surface area contributed by atoms with Gasteiger partial charge in [0, 0.05) is 36.6 Å². The Morgan fingerprint density at radius 1 is 1.26 bits per heavy atom. The van der Waals surface area contributed by atoms with Crippen molar-refractivity contribution in [3.8, 4) is 5.75 Å². The van der Waals surface area contributed by atoms with Gasteiger partial charge < -0.3 is 19.2 Å². The van der Waals surface area contributed by atoms with E-state index in [0.29, 0.717) is 24.8 Å². The van der Waals surface area contributed by atoms with E-state index in [9.17, 15) is 9.90 Å². The number of nitrogens with zero attached hydrogens (tertiary/aromatic N) is 3. The highest BCUT2D eigenvalue weighted by molar-refractivity contribution is 6.21. The first-order valence-electron chi connectivity index (χ1n) is 10.2. The van der Waals surface area contributed by atoms with Gasteiger partial charge in [0.05, 0.1) is 6.61 Å². The summed E-state index contributed by atoms with van der Waals surface area (Å²) in [7, 11) is 0. The summed E-state index contributed by atoms with van der Waals surface area (Å²) >= 11 is 0. The zero-order valence-electron chi connectivity index (χ0n) is 17.0. The number of carbonyl (C=O) groups is 1. The monoisotopic (exact) mass is 415 g/mol. The normalized spacial score (nSPS) is 15.8. The number of hydrogen-bond acceptors (Lipinski definition) is 7. The van der Waals surface area contributed by atoms with Crippen LogP contribution in [-0.4, -0.2) is 35.4 Å². The molecule has 0 spiro atoms. The van der Waals surface area contributed by atoms with Crippen LogP contribution in [0.15, 0.2) is 52.0 Å². The van der Waals surface area contributed by atoms with Crippen LogP contribution in [0, 0.1) is 0 Å². The molecule has 1 aromatic carbocycles. The van der Waals surface area contributed by atoms with E-state index in [0.717, 1.165) is 17.6 Å². The number of aliphatic imine (C=N–C) groups is 1. The molecule has 5 rings (SSSR count). The van der Waals surface area contributed by atoms with Crippen molar-refractivity contribution in [2.45, 2.75) is 19.9 Å². The van der Waals surface area contributed by atoms with Gasteiger partial charge in [-0.15, -0.1) is 0 Å². The van der Waals surface area contributed by atoms with Gasteiger partial charge in [-0.3, -0.25) is 0 Å². The Morgan fingerprint density at radius 2 is 2.10 bits per heavy atom. The lowest BCUT2D eigenvalue weighted by molar-refractivity contribution is 0.0523. The third-order valence-corrected chi connectivity index (χ3v) is 5.50. The molecule has 2 aliphatic heterocycles. The Morgan fingerprint density at radius 3 is 2.94 bits per heavy atom. The van der Waals surface area contributed by atoms with Crippen molar-refractivity contribution < 1.29 is 19.1 Å². The first-order valence-corrected chi connectivity index (χ1v) is 10.2. The molecule has 0 fully saturated rings. The second-order valence-corrected chi connectivity index (χ2v) is 7.39. The van der Waals surface area contributed by atoms with Gasteiger partial charge in [-0.05, 0) is 42.7 Å². The van der Waals surface area contributed by atoms with Crippen molar-refractivity contribution in [3.63, 3.8) is 0 Å². The second kappa shape index (κ2) is 7.75. The Labute approximate surface area is 179 Å². The Balaban J connectivity index is 1.57. The van der Waals surface area contributed by atoms with Crippen molar-refractivity contribution in [2.24, 2.45) is 4.99 Å². The summed E-state index contributed by atoms with van der Waals surface area (Å²) in [5.74, 6) is 0.280. The van der Waals surface area contributed by atoms with E-state index in [2.05, 4.69) is 22.1 Å². The van der Waals surface area contributed by atoms with E-state index in [1.54, 1.807) is 25.4 Å². The highest BCUT2D eigenvalue weighted by atomic mass is 16.5. The van der Waals surface area contributed by atoms with Crippen molar-refractivity contribution in [1.82, 2.24) is 4.98 Å². The molecule has 4 heterocycles. The fourth-order valence-corrected chi connectivity index (χ4v) is 3.99. The Hall–Kier alpha value is -3.87. The smallest absolute Gasteiger partial charge is 0.347 e. The minimum atomic E-state index is -0.607. The summed E-state index contributed by atoms with van der Waals surface area (Å²) in [6.45, 7) is 3.18. The zero-order chi connectivity index (χ0) is 21.4. The number of esters is 1. The summed E-state index contributed by atoms with van der Waals surface area (Å²) in [6.07, 6.45) is 5.84. The molecule has 2 aliphatic rings. The summed E-state index contributed by atoms with van der Waals surface area (Å²) in [5, 5.41) is 10.9. The quantitative estimate of drug-likeness (QED) is 0.637. The van der Waals surface area contributed by atoms with Gasteiger partial charge in [-0.25, -0.2) is 14.8 Å². The minimum absolute atomic E-state index is 0.0504. The number of carbonyl (C=O) groups excluding carboxylic acids is 1. The van der Waals surface area contributed by atoms with E-state index in [1.165, 1.54) is 11.1 Å². The van der Waals surface area contributed by atoms with Crippen LogP contribution in [0.5, 0.6) is 5.75 Å². The third kappa shape index (κ3) is 3.38. The van der Waals surface area contributed by atoms with Crippen molar-refractivity contribution in [3.05, 3.63) is 70.6 Å². The van der Waals surface area contributed by atoms with Gasteiger partial charge in [-0.2, -0.15) is 0 Å². The number of fused-ring (bicyclic) bond motifs is 2. The van der Waals surface area contributed by atoms with Crippen molar-refractivity contribution in [2.75, 3.05) is 18.1 Å². The predicted molar refractivity (Wildman–Crippen MR) is 118 cm³/mol. The summed E-state index contributed by atoms with van der Waals surface area (Å²) < 4.78 is 11.3. The first-order chi connectivity index (χ1) is 15.2. The van der Waals surface area contributed by atoms with Gasteiger partial charge in [-0.1, -0.05) is 24.3 Å². The minimum Gasteiger partial charge on any atom is -0.504 e. The molecule has 2 aromatic heterocycles. The van der Waals surface area contributed by atoms with E-state index in [-0.39, 0.29) is 23.7 Å². The van der Waals surface area contributed by atoms with E-state index in [1.807, 2.05) is 29.2 Å². The van der Waals surface area contributed by atoms with Gasteiger partial charge in [0.25, 0.3) is 0 Å². The highest BCUT2D eigenvalue weighted by Gasteiger charge is 2.31. The third-order valence-electron chi connectivity index (χ3n) is 5.50. The lowest BCUT2D eigenvalue weighted by atomic mass is 10.00. The molecular weight excluding hydrogens is 394 g/mol. The lowest BCUT2D eigenvalue weighted by Crippen LogP contribution is -2.31. The number of allylic oxidation sites excluding steroid dienone is 1. The number of rotatable bonds is 4. The van der Waals surface area contributed by atoms with Crippen LogP contribution in [0.4, 0.5) is 11.7 Å². The zero-order valence-corrected chi connectivity index (χ0v) is 17.0. The van der Waals surface area contributed by atoms with E-state index in [4.69, 9.17) is 9.15 Å². The van der Waals surface area contributed by atoms with Crippen LogP contribution in [0.3, 0.4) is 0 Å². The number of benzene rings is 1. The molecule has 156 valence electrons. The molecule has 0 saturated carbocycles. The number of aromatic nitrogens is 1. The van der Waals surface area contributed by atoms with Crippen LogP contribution in [0.2, 0.25) is 0 Å². The number of hydrogen-bond donors (Lipinski definition) is 1. The average Bonchev–Trinajstić information content (AvgIpc) is 3.35. The molecular formula is C24H21N3O4. The second-order valence-electron chi connectivity index (χ2n) is 7.39. The number of ether oxygens (including phenoxy) is 1. The Kier molecular flexibility index (Phi) is 4.78. The molecule has 0 aliphatic carbocycles.